The number of para-hydroxylation sites is 1. The molecule has 0 radical (unpaired) electrons. The maximum Gasteiger partial charge on any atom is 0.240 e. The van der Waals surface area contributed by atoms with E-state index in [4.69, 9.17) is 0 Å². The quantitative estimate of drug-likeness (QED) is 0.257. The molecule has 0 bridgehead atoms. The van der Waals surface area contributed by atoms with E-state index in [0.29, 0.717) is 12.1 Å². The van der Waals surface area contributed by atoms with Crippen LogP contribution in [0, 0.1) is 11.8 Å². The molecular formula is C33H32N2O2S. The first kappa shape index (κ1) is 24.7. The number of imide groups is 1. The van der Waals surface area contributed by atoms with Crippen LogP contribution in [0.4, 0.5) is 5.69 Å². The molecule has 3 aromatic carbocycles. The fraction of sp³-hybridized carbons (Fsp3) is 0.273. The highest BCUT2D eigenvalue weighted by Gasteiger charge is 2.57. The molecule has 3 aromatic rings. The van der Waals surface area contributed by atoms with E-state index in [1.54, 1.807) is 0 Å². The second kappa shape index (κ2) is 10.7. The van der Waals surface area contributed by atoms with Crippen molar-refractivity contribution < 1.29 is 9.59 Å². The van der Waals surface area contributed by atoms with Crippen LogP contribution in [-0.4, -0.2) is 29.3 Å². The molecule has 2 fully saturated rings. The van der Waals surface area contributed by atoms with E-state index in [0.717, 1.165) is 24.9 Å². The molecule has 0 aromatic heterocycles. The third-order valence-electron chi connectivity index (χ3n) is 7.88. The summed E-state index contributed by atoms with van der Waals surface area (Å²) in [6, 6.07) is 30.2. The molecule has 6 rings (SSSR count). The number of carbonyl (C=O) groups excluding carboxylic acids is 2. The Morgan fingerprint density at radius 2 is 1.53 bits per heavy atom. The summed E-state index contributed by atoms with van der Waals surface area (Å²) >= 11 is 1.87. The van der Waals surface area contributed by atoms with Crippen LogP contribution in [0.3, 0.4) is 0 Å². The summed E-state index contributed by atoms with van der Waals surface area (Å²) in [4.78, 5) is 31.7. The Labute approximate surface area is 229 Å². The number of hydrogen-bond donors (Lipinski definition) is 0. The van der Waals surface area contributed by atoms with Crippen molar-refractivity contribution in [2.24, 2.45) is 11.8 Å². The van der Waals surface area contributed by atoms with Crippen molar-refractivity contribution in [1.82, 2.24) is 4.90 Å². The molecule has 3 aliphatic rings. The molecule has 1 aliphatic carbocycles. The summed E-state index contributed by atoms with van der Waals surface area (Å²) in [6.07, 6.45) is 7.22. The summed E-state index contributed by atoms with van der Waals surface area (Å²) in [5.41, 5.74) is 4.31. The number of benzene rings is 3. The molecule has 5 heteroatoms. The topological polar surface area (TPSA) is 40.6 Å². The molecule has 2 heterocycles. The van der Waals surface area contributed by atoms with Crippen LogP contribution >= 0.6 is 11.8 Å². The predicted molar refractivity (Wildman–Crippen MR) is 155 cm³/mol. The summed E-state index contributed by atoms with van der Waals surface area (Å²) in [5.74, 6) is -0.870. The standard InChI is InChI=1S/C33H32N2O2S/c1-2-3-21-34-28(22-23-13-7-4-8-14-23)38-31(24-15-9-5-10-16-24)27-20-19-26-29(30(27)34)33(37)35(32(26)36)25-17-11-6-12-18-25/h4-18,20,22,26,29-31H,2-3,19,21H2,1H3/b28-22-/t26-,29-,30+,31-/m0/s1. The number of carbonyl (C=O) groups is 2. The van der Waals surface area contributed by atoms with Crippen molar-refractivity contribution in [3.63, 3.8) is 0 Å². The Kier molecular flexibility index (Phi) is 6.94. The molecule has 192 valence electrons. The molecule has 0 saturated carbocycles. The zero-order valence-electron chi connectivity index (χ0n) is 21.6. The van der Waals surface area contributed by atoms with Gasteiger partial charge < -0.3 is 4.90 Å². The van der Waals surface area contributed by atoms with Crippen molar-refractivity contribution in [3.05, 3.63) is 119 Å². The molecule has 2 aliphatic heterocycles. The molecular weight excluding hydrogens is 488 g/mol. The number of allylic oxidation sites excluding steroid dienone is 1. The second-order valence-electron chi connectivity index (χ2n) is 10.2. The van der Waals surface area contributed by atoms with E-state index in [1.165, 1.54) is 21.1 Å². The lowest BCUT2D eigenvalue weighted by Crippen LogP contribution is -2.50. The van der Waals surface area contributed by atoms with Gasteiger partial charge in [0.05, 0.1) is 33.8 Å². The largest absolute Gasteiger partial charge is 0.359 e. The van der Waals surface area contributed by atoms with Crippen molar-refractivity contribution in [1.29, 1.82) is 0 Å². The highest BCUT2D eigenvalue weighted by atomic mass is 32.2. The summed E-state index contributed by atoms with van der Waals surface area (Å²) in [6.45, 7) is 3.05. The van der Waals surface area contributed by atoms with Crippen LogP contribution in [0.25, 0.3) is 6.08 Å². The van der Waals surface area contributed by atoms with Gasteiger partial charge in [0.25, 0.3) is 0 Å². The van der Waals surface area contributed by atoms with Gasteiger partial charge >= 0.3 is 0 Å². The minimum atomic E-state index is -0.397. The Morgan fingerprint density at radius 3 is 2.21 bits per heavy atom. The Balaban J connectivity index is 1.48. The zero-order valence-corrected chi connectivity index (χ0v) is 22.4. The maximum atomic E-state index is 14.2. The highest BCUT2D eigenvalue weighted by Crippen LogP contribution is 2.55. The fourth-order valence-corrected chi connectivity index (χ4v) is 7.53. The third-order valence-corrected chi connectivity index (χ3v) is 9.26. The minimum absolute atomic E-state index is 0.0685. The molecule has 0 spiro atoms. The van der Waals surface area contributed by atoms with E-state index < -0.39 is 5.92 Å². The fourth-order valence-electron chi connectivity index (χ4n) is 6.08. The van der Waals surface area contributed by atoms with Gasteiger partial charge in [-0.15, -0.1) is 0 Å². The predicted octanol–water partition coefficient (Wildman–Crippen LogP) is 7.08. The number of rotatable bonds is 6. The highest BCUT2D eigenvalue weighted by molar-refractivity contribution is 8.03. The van der Waals surface area contributed by atoms with Crippen LogP contribution < -0.4 is 4.90 Å². The van der Waals surface area contributed by atoms with Gasteiger partial charge in [0, 0.05) is 6.54 Å². The van der Waals surface area contributed by atoms with Gasteiger partial charge in [-0.05, 0) is 47.8 Å². The average Bonchev–Trinajstić information content (AvgIpc) is 3.23. The van der Waals surface area contributed by atoms with Crippen molar-refractivity contribution >= 4 is 35.3 Å². The normalized spacial score (nSPS) is 25.8. The number of thioether (sulfide) groups is 1. The maximum absolute atomic E-state index is 14.2. The van der Waals surface area contributed by atoms with E-state index in [2.05, 4.69) is 72.5 Å². The first-order valence-electron chi connectivity index (χ1n) is 13.5. The molecule has 38 heavy (non-hydrogen) atoms. The van der Waals surface area contributed by atoms with Crippen LogP contribution in [0.2, 0.25) is 0 Å². The van der Waals surface area contributed by atoms with Gasteiger partial charge in [-0.25, -0.2) is 4.90 Å². The molecule has 2 saturated heterocycles. The molecule has 0 N–H and O–H groups in total. The Hall–Kier alpha value is -3.57. The lowest BCUT2D eigenvalue weighted by molar-refractivity contribution is -0.123. The zero-order chi connectivity index (χ0) is 26.1. The summed E-state index contributed by atoms with van der Waals surface area (Å²) < 4.78 is 0. The third kappa shape index (κ3) is 4.39. The molecule has 0 unspecified atom stereocenters. The van der Waals surface area contributed by atoms with Gasteiger partial charge in [0.2, 0.25) is 11.8 Å². The van der Waals surface area contributed by atoms with Gasteiger partial charge in [-0.1, -0.05) is 110 Å². The van der Waals surface area contributed by atoms with Crippen molar-refractivity contribution in [2.45, 2.75) is 37.5 Å². The number of amides is 2. The number of nitrogens with zero attached hydrogens (tertiary/aromatic N) is 2. The number of unbranched alkanes of at least 4 members (excludes halogenated alkanes) is 1. The SMILES string of the molecule is CCCCN1/C(=C/c2ccccc2)S[C@@H](c2ccccc2)C2=CC[C@@H]3C(=O)N(c4ccccc4)C(=O)[C@@H]3[C@@H]21. The Morgan fingerprint density at radius 1 is 0.868 bits per heavy atom. The molecule has 4 atom stereocenters. The molecule has 2 amide bonds. The van der Waals surface area contributed by atoms with E-state index in [1.807, 2.05) is 54.2 Å². The van der Waals surface area contributed by atoms with E-state index >= 15 is 0 Å². The van der Waals surface area contributed by atoms with E-state index in [9.17, 15) is 9.59 Å². The first-order chi connectivity index (χ1) is 18.7. The van der Waals surface area contributed by atoms with Crippen LogP contribution in [-0.2, 0) is 9.59 Å². The monoisotopic (exact) mass is 520 g/mol. The van der Waals surface area contributed by atoms with Gasteiger partial charge in [0.15, 0.2) is 0 Å². The van der Waals surface area contributed by atoms with Crippen LogP contribution in [0.5, 0.6) is 0 Å². The summed E-state index contributed by atoms with van der Waals surface area (Å²) in [5, 5.41) is 1.27. The van der Waals surface area contributed by atoms with Gasteiger partial charge in [-0.2, -0.15) is 0 Å². The number of fused-ring (bicyclic) bond motifs is 3. The van der Waals surface area contributed by atoms with Gasteiger partial charge in [0.1, 0.15) is 0 Å². The smallest absolute Gasteiger partial charge is 0.240 e. The molecule has 4 nitrogen and oxygen atoms in total. The van der Waals surface area contributed by atoms with E-state index in [-0.39, 0.29) is 29.0 Å². The lowest BCUT2D eigenvalue weighted by Gasteiger charge is -2.49. The average molecular weight is 521 g/mol. The Bertz CT molecular complexity index is 1370. The number of anilines is 1. The van der Waals surface area contributed by atoms with Crippen LogP contribution in [0.1, 0.15) is 42.6 Å². The van der Waals surface area contributed by atoms with Crippen LogP contribution in [0.15, 0.2) is 108 Å². The second-order valence-corrected chi connectivity index (χ2v) is 11.3. The lowest BCUT2D eigenvalue weighted by atomic mass is 9.74. The minimum Gasteiger partial charge on any atom is -0.359 e. The number of hydrogen-bond acceptors (Lipinski definition) is 4. The first-order valence-corrected chi connectivity index (χ1v) is 14.4. The summed E-state index contributed by atoms with van der Waals surface area (Å²) in [7, 11) is 0. The van der Waals surface area contributed by atoms with Crippen molar-refractivity contribution in [3.8, 4) is 0 Å². The van der Waals surface area contributed by atoms with Gasteiger partial charge in [-0.3, -0.25) is 9.59 Å². The van der Waals surface area contributed by atoms with Crippen molar-refractivity contribution in [2.75, 3.05) is 11.4 Å².